The minimum Gasteiger partial charge on any atom is -0.369 e. The number of hydrogen-bond acceptors (Lipinski definition) is 4. The summed E-state index contributed by atoms with van der Waals surface area (Å²) in [6.45, 7) is 6.05. The third-order valence-electron chi connectivity index (χ3n) is 4.67. The highest BCUT2D eigenvalue weighted by atomic mass is 32.2. The molecule has 0 radical (unpaired) electrons. The van der Waals surface area contributed by atoms with Crippen molar-refractivity contribution in [2.75, 3.05) is 31.1 Å². The van der Waals surface area contributed by atoms with Crippen molar-refractivity contribution in [1.29, 1.82) is 0 Å². The molecule has 1 fully saturated rings. The van der Waals surface area contributed by atoms with Gasteiger partial charge < -0.3 is 4.90 Å². The molecule has 24 heavy (non-hydrogen) atoms. The quantitative estimate of drug-likeness (QED) is 0.923. The second-order valence-electron chi connectivity index (χ2n) is 6.15. The largest absolute Gasteiger partial charge is 0.369 e. The van der Waals surface area contributed by atoms with Gasteiger partial charge in [0.2, 0.25) is 10.0 Å². The van der Waals surface area contributed by atoms with Crippen LogP contribution in [0.1, 0.15) is 18.5 Å². The number of primary sulfonamides is 1. The number of hydrogen-bond donors (Lipinski definition) is 1. The van der Waals surface area contributed by atoms with Crippen molar-refractivity contribution >= 4 is 15.7 Å². The van der Waals surface area contributed by atoms with E-state index in [0.29, 0.717) is 6.04 Å². The zero-order valence-corrected chi connectivity index (χ0v) is 14.6. The van der Waals surface area contributed by atoms with Crippen molar-refractivity contribution in [3.63, 3.8) is 0 Å². The Morgan fingerprint density at radius 3 is 2.04 bits per heavy atom. The summed E-state index contributed by atoms with van der Waals surface area (Å²) in [5.74, 6) is 0. The fraction of sp³-hybridized carbons (Fsp3) is 0.333. The summed E-state index contributed by atoms with van der Waals surface area (Å²) in [4.78, 5) is 4.91. The molecule has 0 unspecified atom stereocenters. The van der Waals surface area contributed by atoms with Crippen LogP contribution in [0, 0.1) is 0 Å². The van der Waals surface area contributed by atoms with Crippen LogP contribution in [-0.2, 0) is 10.0 Å². The van der Waals surface area contributed by atoms with Crippen LogP contribution in [0.4, 0.5) is 5.69 Å². The fourth-order valence-electron chi connectivity index (χ4n) is 3.16. The minimum atomic E-state index is -3.63. The molecule has 2 aromatic rings. The molecule has 1 aliphatic heterocycles. The third kappa shape index (κ3) is 3.77. The topological polar surface area (TPSA) is 66.6 Å². The summed E-state index contributed by atoms with van der Waals surface area (Å²) in [5.41, 5.74) is 2.37. The van der Waals surface area contributed by atoms with E-state index < -0.39 is 10.0 Å². The molecule has 1 saturated heterocycles. The summed E-state index contributed by atoms with van der Waals surface area (Å²) in [6.07, 6.45) is 0. The molecule has 6 heteroatoms. The van der Waals surface area contributed by atoms with Crippen LogP contribution in [-0.4, -0.2) is 39.5 Å². The Kier molecular flexibility index (Phi) is 4.89. The predicted octanol–water partition coefficient (Wildman–Crippen LogP) is 2.22. The van der Waals surface area contributed by atoms with Crippen LogP contribution < -0.4 is 10.0 Å². The number of rotatable bonds is 4. The molecule has 0 saturated carbocycles. The Bertz CT molecular complexity index is 768. The lowest BCUT2D eigenvalue weighted by atomic mass is 10.1. The number of nitrogens with two attached hydrogens (primary N) is 1. The maximum atomic E-state index is 11.3. The van der Waals surface area contributed by atoms with Gasteiger partial charge in [-0.05, 0) is 36.8 Å². The summed E-state index contributed by atoms with van der Waals surface area (Å²) < 4.78 is 22.7. The van der Waals surface area contributed by atoms with Crippen molar-refractivity contribution in [3.05, 3.63) is 60.2 Å². The van der Waals surface area contributed by atoms with Crippen LogP contribution in [0.5, 0.6) is 0 Å². The summed E-state index contributed by atoms with van der Waals surface area (Å²) >= 11 is 0. The summed E-state index contributed by atoms with van der Waals surface area (Å²) in [7, 11) is -3.63. The summed E-state index contributed by atoms with van der Waals surface area (Å²) in [5, 5.41) is 5.14. The van der Waals surface area contributed by atoms with Crippen LogP contribution in [0.3, 0.4) is 0 Å². The lowest BCUT2D eigenvalue weighted by molar-refractivity contribution is 0.198. The molecule has 1 heterocycles. The first-order chi connectivity index (χ1) is 11.4. The Labute approximate surface area is 143 Å². The van der Waals surface area contributed by atoms with E-state index in [0.717, 1.165) is 31.9 Å². The predicted molar refractivity (Wildman–Crippen MR) is 96.5 cm³/mol. The third-order valence-corrected chi connectivity index (χ3v) is 5.60. The van der Waals surface area contributed by atoms with Crippen LogP contribution in [0.2, 0.25) is 0 Å². The summed E-state index contributed by atoms with van der Waals surface area (Å²) in [6, 6.07) is 17.7. The molecule has 0 spiro atoms. The molecule has 0 bridgehead atoms. The van der Waals surface area contributed by atoms with E-state index in [2.05, 4.69) is 41.0 Å². The zero-order chi connectivity index (χ0) is 17.2. The Balaban J connectivity index is 1.63. The molecule has 2 aromatic carbocycles. The Morgan fingerprint density at radius 2 is 1.50 bits per heavy atom. The first-order valence-corrected chi connectivity index (χ1v) is 9.66. The van der Waals surface area contributed by atoms with Crippen molar-refractivity contribution in [2.24, 2.45) is 5.14 Å². The number of piperazine rings is 1. The van der Waals surface area contributed by atoms with Gasteiger partial charge in [0.05, 0.1) is 4.90 Å². The number of benzene rings is 2. The molecular weight excluding hydrogens is 322 g/mol. The van der Waals surface area contributed by atoms with E-state index in [9.17, 15) is 8.42 Å². The van der Waals surface area contributed by atoms with Gasteiger partial charge in [0.1, 0.15) is 0 Å². The van der Waals surface area contributed by atoms with Crippen LogP contribution in [0.25, 0.3) is 0 Å². The SMILES string of the molecule is C[C@H](c1ccccc1)N1CCN(c2ccc(S(N)(=O)=O)cc2)CC1. The van der Waals surface area contributed by atoms with Gasteiger partial charge in [-0.1, -0.05) is 30.3 Å². The van der Waals surface area contributed by atoms with Gasteiger partial charge in [-0.15, -0.1) is 0 Å². The molecule has 5 nitrogen and oxygen atoms in total. The molecule has 1 atom stereocenters. The average molecular weight is 345 g/mol. The Morgan fingerprint density at radius 1 is 0.917 bits per heavy atom. The van der Waals surface area contributed by atoms with Gasteiger partial charge in [0.15, 0.2) is 0 Å². The number of nitrogens with zero attached hydrogens (tertiary/aromatic N) is 2. The molecule has 0 amide bonds. The lowest BCUT2D eigenvalue weighted by Gasteiger charge is -2.39. The van der Waals surface area contributed by atoms with E-state index >= 15 is 0 Å². The highest BCUT2D eigenvalue weighted by Crippen LogP contribution is 2.24. The number of anilines is 1. The minimum absolute atomic E-state index is 0.155. The van der Waals surface area contributed by atoms with Gasteiger partial charge >= 0.3 is 0 Å². The molecule has 128 valence electrons. The Hall–Kier alpha value is -1.89. The van der Waals surface area contributed by atoms with E-state index in [1.807, 2.05) is 18.2 Å². The second kappa shape index (κ2) is 6.93. The second-order valence-corrected chi connectivity index (χ2v) is 7.71. The molecule has 3 rings (SSSR count). The first kappa shape index (κ1) is 17.0. The van der Waals surface area contributed by atoms with E-state index in [1.165, 1.54) is 5.56 Å². The van der Waals surface area contributed by atoms with Crippen LogP contribution >= 0.6 is 0 Å². The van der Waals surface area contributed by atoms with E-state index in [1.54, 1.807) is 12.1 Å². The van der Waals surface area contributed by atoms with Crippen molar-refractivity contribution in [1.82, 2.24) is 4.90 Å². The monoisotopic (exact) mass is 345 g/mol. The maximum absolute atomic E-state index is 11.3. The van der Waals surface area contributed by atoms with Gasteiger partial charge in [0, 0.05) is 37.9 Å². The van der Waals surface area contributed by atoms with Crippen molar-refractivity contribution in [3.8, 4) is 0 Å². The van der Waals surface area contributed by atoms with Crippen molar-refractivity contribution in [2.45, 2.75) is 17.9 Å². The van der Waals surface area contributed by atoms with Gasteiger partial charge in [-0.2, -0.15) is 0 Å². The zero-order valence-electron chi connectivity index (χ0n) is 13.8. The average Bonchev–Trinajstić information content (AvgIpc) is 2.61. The highest BCUT2D eigenvalue weighted by molar-refractivity contribution is 7.89. The normalized spacial score (nSPS) is 17.7. The number of sulfonamides is 1. The molecule has 1 aliphatic rings. The smallest absolute Gasteiger partial charge is 0.238 e. The molecular formula is C18H23N3O2S. The molecule has 0 aliphatic carbocycles. The van der Waals surface area contributed by atoms with E-state index in [4.69, 9.17) is 5.14 Å². The fourth-order valence-corrected chi connectivity index (χ4v) is 3.67. The maximum Gasteiger partial charge on any atom is 0.238 e. The highest BCUT2D eigenvalue weighted by Gasteiger charge is 2.22. The van der Waals surface area contributed by atoms with Crippen molar-refractivity contribution < 1.29 is 8.42 Å². The molecule has 2 N–H and O–H groups in total. The lowest BCUT2D eigenvalue weighted by Crippen LogP contribution is -2.47. The van der Waals surface area contributed by atoms with Crippen LogP contribution in [0.15, 0.2) is 59.5 Å². The molecule has 0 aromatic heterocycles. The standard InChI is InChI=1S/C18H23N3O2S/c1-15(16-5-3-2-4-6-16)20-11-13-21(14-12-20)17-7-9-18(10-8-17)24(19,22)23/h2-10,15H,11-14H2,1H3,(H2,19,22,23)/t15-/m1/s1. The first-order valence-electron chi connectivity index (χ1n) is 8.12. The van der Waals surface area contributed by atoms with Gasteiger partial charge in [-0.25, -0.2) is 13.6 Å². The van der Waals surface area contributed by atoms with E-state index in [-0.39, 0.29) is 4.90 Å². The van der Waals surface area contributed by atoms with Gasteiger partial charge in [0.25, 0.3) is 0 Å². The van der Waals surface area contributed by atoms with Gasteiger partial charge in [-0.3, -0.25) is 4.90 Å².